The van der Waals surface area contributed by atoms with Gasteiger partial charge in [-0.2, -0.15) is 0 Å². The van der Waals surface area contributed by atoms with E-state index in [1.165, 1.54) is 0 Å². The smallest absolute Gasteiger partial charge is 0.292 e. The third-order valence-corrected chi connectivity index (χ3v) is 3.72. The van der Waals surface area contributed by atoms with Crippen LogP contribution in [0.2, 0.25) is 0 Å². The van der Waals surface area contributed by atoms with Gasteiger partial charge in [-0.15, -0.1) is 12.4 Å². The van der Waals surface area contributed by atoms with E-state index in [0.29, 0.717) is 5.69 Å². The number of aromatic nitrogens is 2. The van der Waals surface area contributed by atoms with Crippen molar-refractivity contribution in [3.8, 4) is 5.69 Å². The third kappa shape index (κ3) is 3.05. The van der Waals surface area contributed by atoms with Gasteiger partial charge in [0.2, 0.25) is 0 Å². The maximum atomic E-state index is 11.3. The van der Waals surface area contributed by atoms with Crippen molar-refractivity contribution in [2.24, 2.45) is 0 Å². The number of anilines is 1. The van der Waals surface area contributed by atoms with Crippen LogP contribution in [0.4, 0.5) is 11.4 Å². The lowest BCUT2D eigenvalue weighted by molar-refractivity contribution is -0.384. The summed E-state index contributed by atoms with van der Waals surface area (Å²) in [5, 5.41) is 14.5. The summed E-state index contributed by atoms with van der Waals surface area (Å²) in [6.07, 6.45) is 3.58. The fraction of sp³-hybridized carbons (Fsp3) is 0.357. The average Bonchev–Trinajstić information content (AvgIpc) is 2.93. The molecule has 2 aromatic rings. The maximum absolute atomic E-state index is 11.3. The number of imidazole rings is 1. The van der Waals surface area contributed by atoms with Gasteiger partial charge >= 0.3 is 0 Å². The molecule has 0 atom stereocenters. The van der Waals surface area contributed by atoms with Crippen LogP contribution in [0.3, 0.4) is 0 Å². The van der Waals surface area contributed by atoms with E-state index in [0.717, 1.165) is 37.7 Å². The monoisotopic (exact) mass is 323 g/mol. The van der Waals surface area contributed by atoms with Crippen LogP contribution in [0.5, 0.6) is 0 Å². The molecule has 1 fully saturated rings. The van der Waals surface area contributed by atoms with E-state index in [-0.39, 0.29) is 23.0 Å². The number of nitrogens with zero attached hydrogens (tertiary/aromatic N) is 4. The van der Waals surface area contributed by atoms with Gasteiger partial charge in [0.25, 0.3) is 5.69 Å². The van der Waals surface area contributed by atoms with Crippen molar-refractivity contribution in [3.05, 3.63) is 46.5 Å². The van der Waals surface area contributed by atoms with Crippen LogP contribution in [0, 0.1) is 17.0 Å². The second-order valence-corrected chi connectivity index (χ2v) is 5.01. The largest absolute Gasteiger partial charge is 0.363 e. The van der Waals surface area contributed by atoms with E-state index >= 15 is 0 Å². The summed E-state index contributed by atoms with van der Waals surface area (Å²) in [4.78, 5) is 17.2. The maximum Gasteiger partial charge on any atom is 0.292 e. The van der Waals surface area contributed by atoms with E-state index in [9.17, 15) is 10.1 Å². The van der Waals surface area contributed by atoms with Crippen molar-refractivity contribution >= 4 is 23.8 Å². The third-order valence-electron chi connectivity index (χ3n) is 3.72. The van der Waals surface area contributed by atoms with Gasteiger partial charge in [-0.3, -0.25) is 10.1 Å². The summed E-state index contributed by atoms with van der Waals surface area (Å²) in [7, 11) is 0. The number of rotatable bonds is 3. The van der Waals surface area contributed by atoms with Crippen LogP contribution >= 0.6 is 12.4 Å². The zero-order valence-corrected chi connectivity index (χ0v) is 13.0. The van der Waals surface area contributed by atoms with Crippen molar-refractivity contribution in [1.29, 1.82) is 0 Å². The second kappa shape index (κ2) is 6.76. The molecule has 1 N–H and O–H groups in total. The molecule has 1 aromatic carbocycles. The first kappa shape index (κ1) is 16.3. The van der Waals surface area contributed by atoms with E-state index in [1.807, 2.05) is 23.8 Å². The molecule has 7 nitrogen and oxygen atoms in total. The standard InChI is InChI=1S/C14H17N5O2.ClH/c1-11-16-6-9-18(11)12-2-3-13(19(20)21)14(10-12)17-7-4-15-5-8-17;/h2-3,6,9-10,15H,4-5,7-8H2,1H3;1H. The number of aryl methyl sites for hydroxylation is 1. The molecule has 0 unspecified atom stereocenters. The molecule has 0 spiro atoms. The number of hydrogen-bond donors (Lipinski definition) is 1. The Morgan fingerprint density at radius 3 is 2.64 bits per heavy atom. The summed E-state index contributed by atoms with van der Waals surface area (Å²) in [5.41, 5.74) is 1.72. The molecule has 0 radical (unpaired) electrons. The zero-order valence-electron chi connectivity index (χ0n) is 12.2. The van der Waals surface area contributed by atoms with Crippen LogP contribution in [-0.2, 0) is 0 Å². The van der Waals surface area contributed by atoms with Crippen LogP contribution in [0.15, 0.2) is 30.6 Å². The van der Waals surface area contributed by atoms with Crippen molar-refractivity contribution in [2.45, 2.75) is 6.92 Å². The number of halogens is 1. The Kier molecular flexibility index (Phi) is 4.99. The number of benzene rings is 1. The van der Waals surface area contributed by atoms with E-state index in [1.54, 1.807) is 18.3 Å². The summed E-state index contributed by atoms with van der Waals surface area (Å²) >= 11 is 0. The molecule has 0 bridgehead atoms. The number of piperazine rings is 1. The molecular formula is C14H18ClN5O2. The van der Waals surface area contributed by atoms with Crippen LogP contribution < -0.4 is 10.2 Å². The lowest BCUT2D eigenvalue weighted by Gasteiger charge is -2.29. The van der Waals surface area contributed by atoms with Crippen LogP contribution in [-0.4, -0.2) is 40.7 Å². The lowest BCUT2D eigenvalue weighted by Crippen LogP contribution is -2.43. The molecule has 0 amide bonds. The summed E-state index contributed by atoms with van der Waals surface area (Å²) < 4.78 is 1.93. The zero-order chi connectivity index (χ0) is 14.8. The van der Waals surface area contributed by atoms with Gasteiger partial charge in [0.15, 0.2) is 0 Å². The second-order valence-electron chi connectivity index (χ2n) is 5.01. The Balaban J connectivity index is 0.00000176. The van der Waals surface area contributed by atoms with Crippen molar-refractivity contribution in [3.63, 3.8) is 0 Å². The highest BCUT2D eigenvalue weighted by Gasteiger charge is 2.21. The molecule has 1 aromatic heterocycles. The Bertz CT molecular complexity index is 667. The van der Waals surface area contributed by atoms with Gasteiger partial charge in [-0.25, -0.2) is 4.98 Å². The Labute approximate surface area is 134 Å². The fourth-order valence-electron chi connectivity index (χ4n) is 2.63. The van der Waals surface area contributed by atoms with E-state index in [4.69, 9.17) is 0 Å². The molecule has 1 saturated heterocycles. The molecule has 22 heavy (non-hydrogen) atoms. The molecule has 3 rings (SSSR count). The first-order chi connectivity index (χ1) is 10.2. The number of nitro groups is 1. The Morgan fingerprint density at radius 2 is 2.05 bits per heavy atom. The van der Waals surface area contributed by atoms with Gasteiger partial charge in [-0.05, 0) is 19.1 Å². The van der Waals surface area contributed by atoms with Gasteiger partial charge in [0.05, 0.1) is 4.92 Å². The topological polar surface area (TPSA) is 76.2 Å². The molecule has 8 heteroatoms. The molecule has 1 aliphatic heterocycles. The predicted octanol–water partition coefficient (Wildman–Crippen LogP) is 1.92. The summed E-state index contributed by atoms with van der Waals surface area (Å²) in [6, 6.07) is 5.21. The minimum absolute atomic E-state index is 0. The minimum atomic E-state index is -0.318. The SMILES string of the molecule is Cc1nccn1-c1ccc([N+](=O)[O-])c(N2CCNCC2)c1.Cl. The van der Waals surface area contributed by atoms with Crippen molar-refractivity contribution < 1.29 is 4.92 Å². The average molecular weight is 324 g/mol. The number of hydrogen-bond acceptors (Lipinski definition) is 5. The van der Waals surface area contributed by atoms with Gasteiger partial charge in [-0.1, -0.05) is 0 Å². The molecule has 118 valence electrons. The Hall–Kier alpha value is -2.12. The molecule has 1 aliphatic rings. The predicted molar refractivity (Wildman–Crippen MR) is 87.3 cm³/mol. The number of nitrogens with one attached hydrogen (secondary N) is 1. The van der Waals surface area contributed by atoms with E-state index < -0.39 is 0 Å². The van der Waals surface area contributed by atoms with Crippen molar-refractivity contribution in [2.75, 3.05) is 31.1 Å². The van der Waals surface area contributed by atoms with Gasteiger partial charge in [0, 0.05) is 50.3 Å². The molecule has 2 heterocycles. The molecule has 0 aliphatic carbocycles. The lowest BCUT2D eigenvalue weighted by atomic mass is 10.2. The quantitative estimate of drug-likeness (QED) is 0.690. The van der Waals surface area contributed by atoms with Crippen molar-refractivity contribution in [1.82, 2.24) is 14.9 Å². The normalized spacial score (nSPS) is 14.5. The summed E-state index contributed by atoms with van der Waals surface area (Å²) in [6.45, 7) is 5.13. The van der Waals surface area contributed by atoms with E-state index in [2.05, 4.69) is 15.2 Å². The molecule has 0 saturated carbocycles. The highest BCUT2D eigenvalue weighted by molar-refractivity contribution is 5.85. The molecular weight excluding hydrogens is 306 g/mol. The van der Waals surface area contributed by atoms with Gasteiger partial charge < -0.3 is 14.8 Å². The minimum Gasteiger partial charge on any atom is -0.363 e. The van der Waals surface area contributed by atoms with Crippen LogP contribution in [0.1, 0.15) is 5.82 Å². The van der Waals surface area contributed by atoms with Crippen LogP contribution in [0.25, 0.3) is 5.69 Å². The number of nitro benzene ring substituents is 1. The summed E-state index contributed by atoms with van der Waals surface area (Å²) in [5.74, 6) is 0.857. The Morgan fingerprint density at radius 1 is 1.32 bits per heavy atom. The van der Waals surface area contributed by atoms with Gasteiger partial charge in [0.1, 0.15) is 11.5 Å². The highest BCUT2D eigenvalue weighted by atomic mass is 35.5. The first-order valence-corrected chi connectivity index (χ1v) is 6.91. The highest BCUT2D eigenvalue weighted by Crippen LogP contribution is 2.31. The first-order valence-electron chi connectivity index (χ1n) is 6.91. The fourth-order valence-corrected chi connectivity index (χ4v) is 2.63.